The van der Waals surface area contributed by atoms with Crippen LogP contribution in [0.2, 0.25) is 0 Å². The van der Waals surface area contributed by atoms with Gasteiger partial charge in [0, 0.05) is 13.1 Å². The Morgan fingerprint density at radius 3 is 2.30 bits per heavy atom. The van der Waals surface area contributed by atoms with E-state index in [0.29, 0.717) is 0 Å². The second-order valence-corrected chi connectivity index (χ2v) is 4.82. The van der Waals surface area contributed by atoms with Crippen molar-refractivity contribution in [2.75, 3.05) is 14.2 Å². The van der Waals surface area contributed by atoms with Gasteiger partial charge in [0.25, 0.3) is 0 Å². The lowest BCUT2D eigenvalue weighted by molar-refractivity contribution is -0.134. The molecule has 0 bridgehead atoms. The molecule has 5 nitrogen and oxygen atoms in total. The molecule has 0 aromatic heterocycles. The summed E-state index contributed by atoms with van der Waals surface area (Å²) in [6.07, 6.45) is 4.69. The molecule has 0 aliphatic rings. The third kappa shape index (κ3) is 5.95. The maximum Gasteiger partial charge on any atom is 0.407 e. The molecule has 0 aromatic rings. The number of carbonyl (C=O) groups excluding carboxylic acids is 2. The van der Waals surface area contributed by atoms with Gasteiger partial charge in [-0.15, -0.1) is 5.98 Å². The minimum Gasteiger partial charge on any atom is -0.453 e. The molecule has 0 saturated heterocycles. The summed E-state index contributed by atoms with van der Waals surface area (Å²) < 4.78 is 4.54. The number of ether oxygens (including phenoxy) is 1. The van der Waals surface area contributed by atoms with E-state index in [4.69, 9.17) is 7.85 Å². The van der Waals surface area contributed by atoms with Crippen molar-refractivity contribution in [1.82, 2.24) is 10.2 Å². The number of nitrogens with zero attached hydrogens (tertiary/aromatic N) is 1. The Balaban J connectivity index is 4.83. The highest BCUT2D eigenvalue weighted by atomic mass is 16.5. The van der Waals surface area contributed by atoms with Crippen LogP contribution in [0.1, 0.15) is 20.8 Å². The van der Waals surface area contributed by atoms with Gasteiger partial charge < -0.3 is 15.0 Å². The molecule has 6 heteroatoms. The van der Waals surface area contributed by atoms with E-state index in [1.807, 2.05) is 26.8 Å². The van der Waals surface area contributed by atoms with Crippen LogP contribution in [0.5, 0.6) is 0 Å². The van der Waals surface area contributed by atoms with Crippen molar-refractivity contribution in [3.05, 3.63) is 24.2 Å². The summed E-state index contributed by atoms with van der Waals surface area (Å²) in [5, 5.41) is 2.56. The summed E-state index contributed by atoms with van der Waals surface area (Å²) in [6, 6.07) is -0.729. The quantitative estimate of drug-likeness (QED) is 0.591. The van der Waals surface area contributed by atoms with E-state index in [2.05, 4.69) is 10.1 Å². The molecule has 20 heavy (non-hydrogen) atoms. The SMILES string of the molecule is [B]C=CC=C[C@H](C)N(C)C(=O)[C@H](NC(=O)OC)C(C)C. The lowest BCUT2D eigenvalue weighted by Gasteiger charge is -2.29. The van der Waals surface area contributed by atoms with E-state index >= 15 is 0 Å². The maximum absolute atomic E-state index is 12.4. The van der Waals surface area contributed by atoms with Crippen molar-refractivity contribution < 1.29 is 14.3 Å². The van der Waals surface area contributed by atoms with Crippen molar-refractivity contribution >= 4 is 19.8 Å². The van der Waals surface area contributed by atoms with Gasteiger partial charge >= 0.3 is 6.09 Å². The van der Waals surface area contributed by atoms with Crippen molar-refractivity contribution in [1.29, 1.82) is 0 Å². The zero-order chi connectivity index (χ0) is 15.7. The van der Waals surface area contributed by atoms with Crippen molar-refractivity contribution in [3.8, 4) is 0 Å². The van der Waals surface area contributed by atoms with Gasteiger partial charge in [0.1, 0.15) is 13.9 Å². The van der Waals surface area contributed by atoms with Gasteiger partial charge in [0.2, 0.25) is 5.91 Å². The van der Waals surface area contributed by atoms with E-state index in [1.165, 1.54) is 13.1 Å². The molecular weight excluding hydrogens is 255 g/mol. The number of carbonyl (C=O) groups is 2. The molecule has 0 spiro atoms. The Bertz CT molecular complexity index is 381. The molecule has 0 aliphatic carbocycles. The smallest absolute Gasteiger partial charge is 0.407 e. The van der Waals surface area contributed by atoms with Crippen molar-refractivity contribution in [2.24, 2.45) is 5.92 Å². The number of alkyl carbamates (subject to hydrolysis) is 1. The number of likely N-dealkylation sites (N-methyl/N-ethyl adjacent to an activating group) is 1. The summed E-state index contributed by atoms with van der Waals surface area (Å²) in [6.45, 7) is 5.61. The van der Waals surface area contributed by atoms with E-state index < -0.39 is 12.1 Å². The monoisotopic (exact) mass is 278 g/mol. The van der Waals surface area contributed by atoms with Crippen molar-refractivity contribution in [3.63, 3.8) is 0 Å². The predicted octanol–water partition coefficient (Wildman–Crippen LogP) is 1.45. The van der Waals surface area contributed by atoms with Crippen LogP contribution in [0.25, 0.3) is 0 Å². The zero-order valence-electron chi connectivity index (χ0n) is 12.8. The average molecular weight is 278 g/mol. The van der Waals surface area contributed by atoms with Crippen LogP contribution in [0.3, 0.4) is 0 Å². The normalized spacial score (nSPS) is 14.5. The van der Waals surface area contributed by atoms with Gasteiger partial charge in [-0.1, -0.05) is 32.1 Å². The number of amides is 2. The second-order valence-electron chi connectivity index (χ2n) is 4.82. The molecule has 0 aliphatic heterocycles. The van der Waals surface area contributed by atoms with Gasteiger partial charge in [0.05, 0.1) is 7.11 Å². The molecule has 2 radical (unpaired) electrons. The van der Waals surface area contributed by atoms with E-state index in [9.17, 15) is 9.59 Å². The molecular formula is C14H23BN2O3. The number of hydrogen-bond donors (Lipinski definition) is 1. The number of rotatable bonds is 6. The largest absolute Gasteiger partial charge is 0.453 e. The van der Waals surface area contributed by atoms with Crippen LogP contribution in [0.4, 0.5) is 4.79 Å². The molecule has 0 unspecified atom stereocenters. The van der Waals surface area contributed by atoms with Crippen LogP contribution < -0.4 is 5.32 Å². The summed E-state index contributed by atoms with van der Waals surface area (Å²) in [5.41, 5.74) is 0. The van der Waals surface area contributed by atoms with Crippen LogP contribution in [0.15, 0.2) is 24.2 Å². The van der Waals surface area contributed by atoms with Crippen LogP contribution >= 0.6 is 0 Å². The first-order valence-corrected chi connectivity index (χ1v) is 6.51. The zero-order valence-corrected chi connectivity index (χ0v) is 12.8. The molecule has 0 fully saturated rings. The fourth-order valence-electron chi connectivity index (χ4n) is 1.54. The summed E-state index contributed by atoms with van der Waals surface area (Å²) in [7, 11) is 8.20. The summed E-state index contributed by atoms with van der Waals surface area (Å²) in [4.78, 5) is 25.3. The summed E-state index contributed by atoms with van der Waals surface area (Å²) >= 11 is 0. The third-order valence-electron chi connectivity index (χ3n) is 2.96. The first kappa shape index (κ1) is 18.3. The predicted molar refractivity (Wildman–Crippen MR) is 80.4 cm³/mol. The van der Waals surface area contributed by atoms with E-state index in [0.717, 1.165) is 0 Å². The lowest BCUT2D eigenvalue weighted by atomic mass is 10.0. The van der Waals surface area contributed by atoms with Gasteiger partial charge in [-0.2, -0.15) is 0 Å². The Morgan fingerprint density at radius 1 is 1.25 bits per heavy atom. The molecule has 2 atom stereocenters. The van der Waals surface area contributed by atoms with Gasteiger partial charge in [-0.25, -0.2) is 4.79 Å². The molecule has 2 amide bonds. The number of methoxy groups -OCH3 is 1. The first-order valence-electron chi connectivity index (χ1n) is 6.51. The Morgan fingerprint density at radius 2 is 1.85 bits per heavy atom. The van der Waals surface area contributed by atoms with Crippen LogP contribution in [-0.4, -0.2) is 51.0 Å². The maximum atomic E-state index is 12.4. The molecule has 0 aromatic carbocycles. The number of hydrogen-bond acceptors (Lipinski definition) is 3. The average Bonchev–Trinajstić information content (AvgIpc) is 2.42. The third-order valence-corrected chi connectivity index (χ3v) is 2.96. The van der Waals surface area contributed by atoms with Crippen LogP contribution in [0, 0.1) is 5.92 Å². The first-order chi connectivity index (χ1) is 9.34. The highest BCUT2D eigenvalue weighted by molar-refractivity contribution is 6.17. The minimum absolute atomic E-state index is 0.0378. The Labute approximate surface area is 122 Å². The summed E-state index contributed by atoms with van der Waals surface area (Å²) in [5.74, 6) is 1.21. The number of nitrogens with one attached hydrogen (secondary N) is 1. The molecule has 0 rings (SSSR count). The lowest BCUT2D eigenvalue weighted by Crippen LogP contribution is -2.51. The minimum atomic E-state index is -0.617. The van der Waals surface area contributed by atoms with Crippen molar-refractivity contribution in [2.45, 2.75) is 32.9 Å². The van der Waals surface area contributed by atoms with Crippen LogP contribution in [-0.2, 0) is 9.53 Å². The van der Waals surface area contributed by atoms with Gasteiger partial charge in [-0.3, -0.25) is 4.79 Å². The van der Waals surface area contributed by atoms with Gasteiger partial charge in [0.15, 0.2) is 0 Å². The Hall–Kier alpha value is -1.72. The fraction of sp³-hybridized carbons (Fsp3) is 0.571. The Kier molecular flexibility index (Phi) is 8.44. The molecule has 1 N–H and O–H groups in total. The highest BCUT2D eigenvalue weighted by Crippen LogP contribution is 2.09. The fourth-order valence-corrected chi connectivity index (χ4v) is 1.54. The molecule has 0 saturated carbocycles. The topological polar surface area (TPSA) is 58.6 Å². The standard InChI is InChI=1S/C14H23BN2O3/c1-10(2)12(16-14(19)20-5)13(18)17(4)11(3)8-6-7-9-15/h6-12H,1-5H3,(H,16,19)/t11-,12+/m0/s1. The van der Waals surface area contributed by atoms with E-state index in [1.54, 1.807) is 24.1 Å². The molecule has 0 heterocycles. The van der Waals surface area contributed by atoms with Gasteiger partial charge in [-0.05, 0) is 12.8 Å². The van der Waals surface area contributed by atoms with E-state index in [-0.39, 0.29) is 17.9 Å². The highest BCUT2D eigenvalue weighted by Gasteiger charge is 2.28. The second kappa shape index (κ2) is 9.23. The number of allylic oxidation sites excluding steroid dienone is 2. The molecule has 110 valence electrons.